The van der Waals surface area contributed by atoms with E-state index in [2.05, 4.69) is 17.1 Å². The molecule has 1 saturated carbocycles. The monoisotopic (exact) mass is 283 g/mol. The third-order valence-corrected chi connectivity index (χ3v) is 4.82. The SMILES string of the molecule is CC1CCC(O)(CNC(=O)CN2CCC(N)CC2)CC1. The first-order chi connectivity index (χ1) is 9.47. The summed E-state index contributed by atoms with van der Waals surface area (Å²) in [6.07, 6.45) is 5.64. The van der Waals surface area contributed by atoms with E-state index in [0.717, 1.165) is 51.6 Å². The zero-order valence-corrected chi connectivity index (χ0v) is 12.6. The van der Waals surface area contributed by atoms with Gasteiger partial charge in [-0.05, 0) is 44.4 Å². The lowest BCUT2D eigenvalue weighted by Gasteiger charge is -2.35. The molecule has 2 aliphatic rings. The van der Waals surface area contributed by atoms with E-state index in [4.69, 9.17) is 5.73 Å². The van der Waals surface area contributed by atoms with Crippen molar-refractivity contribution in [3.63, 3.8) is 0 Å². The van der Waals surface area contributed by atoms with Crippen molar-refractivity contribution in [2.45, 2.75) is 57.1 Å². The zero-order valence-electron chi connectivity index (χ0n) is 12.6. The molecule has 0 bridgehead atoms. The number of hydrogen-bond donors (Lipinski definition) is 3. The highest BCUT2D eigenvalue weighted by Gasteiger charge is 2.32. The third-order valence-electron chi connectivity index (χ3n) is 4.82. The maximum absolute atomic E-state index is 11.9. The van der Waals surface area contributed by atoms with Gasteiger partial charge >= 0.3 is 0 Å². The minimum Gasteiger partial charge on any atom is -0.388 e. The molecule has 0 aromatic rings. The highest BCUT2D eigenvalue weighted by atomic mass is 16.3. The van der Waals surface area contributed by atoms with Crippen LogP contribution in [0.2, 0.25) is 0 Å². The van der Waals surface area contributed by atoms with Gasteiger partial charge in [0.05, 0.1) is 12.1 Å². The zero-order chi connectivity index (χ0) is 14.6. The fraction of sp³-hybridized carbons (Fsp3) is 0.933. The van der Waals surface area contributed by atoms with Gasteiger partial charge in [0.25, 0.3) is 0 Å². The van der Waals surface area contributed by atoms with Gasteiger partial charge in [0.1, 0.15) is 0 Å². The second-order valence-electron chi connectivity index (χ2n) is 6.80. The van der Waals surface area contributed by atoms with E-state index in [0.29, 0.717) is 25.0 Å². The highest BCUT2D eigenvalue weighted by molar-refractivity contribution is 5.78. The summed E-state index contributed by atoms with van der Waals surface area (Å²) in [7, 11) is 0. The van der Waals surface area contributed by atoms with Crippen LogP contribution in [0.25, 0.3) is 0 Å². The summed E-state index contributed by atoms with van der Waals surface area (Å²) in [6.45, 7) is 4.84. The van der Waals surface area contributed by atoms with Crippen molar-refractivity contribution >= 4 is 5.91 Å². The van der Waals surface area contributed by atoms with Crippen molar-refractivity contribution in [3.8, 4) is 0 Å². The Bertz CT molecular complexity index is 319. The number of carbonyl (C=O) groups excluding carboxylic acids is 1. The summed E-state index contributed by atoms with van der Waals surface area (Å²) in [5.74, 6) is 0.719. The van der Waals surface area contributed by atoms with Crippen molar-refractivity contribution < 1.29 is 9.90 Å². The smallest absolute Gasteiger partial charge is 0.234 e. The van der Waals surface area contributed by atoms with Gasteiger partial charge in [-0.3, -0.25) is 9.69 Å². The molecule has 2 rings (SSSR count). The Kier molecular flexibility index (Phi) is 5.41. The molecule has 1 aliphatic carbocycles. The third kappa shape index (κ3) is 4.72. The number of hydrogen-bond acceptors (Lipinski definition) is 4. The second-order valence-corrected chi connectivity index (χ2v) is 6.80. The van der Waals surface area contributed by atoms with Gasteiger partial charge in [-0.2, -0.15) is 0 Å². The maximum atomic E-state index is 11.9. The Morgan fingerprint density at radius 2 is 1.90 bits per heavy atom. The number of aliphatic hydroxyl groups is 1. The van der Waals surface area contributed by atoms with Gasteiger partial charge in [0, 0.05) is 25.7 Å². The van der Waals surface area contributed by atoms with Crippen molar-refractivity contribution in [1.29, 1.82) is 0 Å². The Hall–Kier alpha value is -0.650. The van der Waals surface area contributed by atoms with Crippen LogP contribution in [0.3, 0.4) is 0 Å². The molecule has 1 heterocycles. The van der Waals surface area contributed by atoms with E-state index < -0.39 is 5.60 Å². The van der Waals surface area contributed by atoms with Crippen LogP contribution >= 0.6 is 0 Å². The molecule has 20 heavy (non-hydrogen) atoms. The van der Waals surface area contributed by atoms with Crippen molar-refractivity contribution in [1.82, 2.24) is 10.2 Å². The molecular weight excluding hydrogens is 254 g/mol. The van der Waals surface area contributed by atoms with E-state index in [9.17, 15) is 9.90 Å². The quantitative estimate of drug-likeness (QED) is 0.701. The van der Waals surface area contributed by atoms with Gasteiger partial charge in [0.15, 0.2) is 0 Å². The Morgan fingerprint density at radius 1 is 1.30 bits per heavy atom. The van der Waals surface area contributed by atoms with E-state index in [-0.39, 0.29) is 5.91 Å². The summed E-state index contributed by atoms with van der Waals surface area (Å²) < 4.78 is 0. The average molecular weight is 283 g/mol. The number of amides is 1. The fourth-order valence-corrected chi connectivity index (χ4v) is 3.11. The molecule has 0 aromatic carbocycles. The van der Waals surface area contributed by atoms with Crippen LogP contribution in [0.15, 0.2) is 0 Å². The predicted molar refractivity (Wildman–Crippen MR) is 79.2 cm³/mol. The molecule has 5 heteroatoms. The molecule has 2 fully saturated rings. The van der Waals surface area contributed by atoms with Crippen LogP contribution in [0, 0.1) is 5.92 Å². The molecule has 1 saturated heterocycles. The van der Waals surface area contributed by atoms with Gasteiger partial charge < -0.3 is 16.2 Å². The van der Waals surface area contributed by atoms with Gasteiger partial charge in [-0.25, -0.2) is 0 Å². The number of nitrogens with zero attached hydrogens (tertiary/aromatic N) is 1. The molecule has 0 atom stereocenters. The minimum absolute atomic E-state index is 0.0209. The van der Waals surface area contributed by atoms with E-state index in [1.54, 1.807) is 0 Å². The molecular formula is C15H29N3O2. The molecule has 116 valence electrons. The Labute approximate surface area is 121 Å². The van der Waals surface area contributed by atoms with Gasteiger partial charge in [0.2, 0.25) is 5.91 Å². The maximum Gasteiger partial charge on any atom is 0.234 e. The van der Waals surface area contributed by atoms with Crippen LogP contribution in [0.5, 0.6) is 0 Å². The standard InChI is InChI=1S/C15H29N3O2/c1-12-2-6-15(20,7-3-12)11-17-14(19)10-18-8-4-13(16)5-9-18/h12-13,20H,2-11,16H2,1H3,(H,17,19). The summed E-state index contributed by atoms with van der Waals surface area (Å²) >= 11 is 0. The first-order valence-corrected chi connectivity index (χ1v) is 7.94. The van der Waals surface area contributed by atoms with Crippen molar-refractivity contribution in [3.05, 3.63) is 0 Å². The highest BCUT2D eigenvalue weighted by Crippen LogP contribution is 2.31. The van der Waals surface area contributed by atoms with E-state index in [1.165, 1.54) is 0 Å². The van der Waals surface area contributed by atoms with Crippen LogP contribution < -0.4 is 11.1 Å². The molecule has 0 aromatic heterocycles. The molecule has 1 aliphatic heterocycles. The molecule has 0 radical (unpaired) electrons. The van der Waals surface area contributed by atoms with Crippen molar-refractivity contribution in [2.75, 3.05) is 26.2 Å². The lowest BCUT2D eigenvalue weighted by molar-refractivity contribution is -0.124. The lowest BCUT2D eigenvalue weighted by Crippen LogP contribution is -2.49. The molecule has 5 nitrogen and oxygen atoms in total. The minimum atomic E-state index is -0.688. The molecule has 4 N–H and O–H groups in total. The van der Waals surface area contributed by atoms with Crippen LogP contribution in [-0.4, -0.2) is 53.7 Å². The van der Waals surface area contributed by atoms with Crippen LogP contribution in [0.4, 0.5) is 0 Å². The number of carbonyl (C=O) groups is 1. The van der Waals surface area contributed by atoms with Gasteiger partial charge in [-0.15, -0.1) is 0 Å². The summed E-state index contributed by atoms with van der Waals surface area (Å²) in [6, 6.07) is 0.291. The van der Waals surface area contributed by atoms with E-state index >= 15 is 0 Å². The van der Waals surface area contributed by atoms with Gasteiger partial charge in [-0.1, -0.05) is 6.92 Å². The van der Waals surface area contributed by atoms with Crippen LogP contribution in [0.1, 0.15) is 45.4 Å². The number of piperidine rings is 1. The average Bonchev–Trinajstić information content (AvgIpc) is 2.43. The fourth-order valence-electron chi connectivity index (χ4n) is 3.11. The molecule has 1 amide bonds. The number of rotatable bonds is 4. The first-order valence-electron chi connectivity index (χ1n) is 7.94. The first kappa shape index (κ1) is 15.7. The normalized spacial score (nSPS) is 33.0. The topological polar surface area (TPSA) is 78.6 Å². The van der Waals surface area contributed by atoms with Crippen molar-refractivity contribution in [2.24, 2.45) is 11.7 Å². The summed E-state index contributed by atoms with van der Waals surface area (Å²) in [5, 5.41) is 13.3. The summed E-state index contributed by atoms with van der Waals surface area (Å²) in [4.78, 5) is 14.1. The second kappa shape index (κ2) is 6.87. The summed E-state index contributed by atoms with van der Waals surface area (Å²) in [5.41, 5.74) is 5.16. The largest absolute Gasteiger partial charge is 0.388 e. The lowest BCUT2D eigenvalue weighted by atomic mass is 9.79. The van der Waals surface area contributed by atoms with E-state index in [1.807, 2.05) is 0 Å². The number of nitrogens with one attached hydrogen (secondary N) is 1. The molecule has 0 unspecified atom stereocenters. The number of nitrogens with two attached hydrogens (primary N) is 1. The Balaban J connectivity index is 1.67. The molecule has 0 spiro atoms. The van der Waals surface area contributed by atoms with Crippen LogP contribution in [-0.2, 0) is 4.79 Å². The Morgan fingerprint density at radius 3 is 2.50 bits per heavy atom. The predicted octanol–water partition coefficient (Wildman–Crippen LogP) is 0.467. The number of likely N-dealkylation sites (tertiary alicyclic amines) is 1.